The molecule has 1 amide bonds. The maximum atomic E-state index is 12.3. The summed E-state index contributed by atoms with van der Waals surface area (Å²) in [6, 6.07) is 11.4. The second-order valence-corrected chi connectivity index (χ2v) is 5.44. The van der Waals surface area contributed by atoms with Crippen molar-refractivity contribution in [3.05, 3.63) is 59.2 Å². The fraction of sp³-hybridized carbons (Fsp3) is 0.211. The van der Waals surface area contributed by atoms with Gasteiger partial charge in [0.2, 0.25) is 0 Å². The lowest BCUT2D eigenvalue weighted by molar-refractivity contribution is 0.0685. The number of hydrogen-bond donors (Lipinski definition) is 4. The zero-order valence-corrected chi connectivity index (χ0v) is 13.7. The van der Waals surface area contributed by atoms with Crippen molar-refractivity contribution in [3.63, 3.8) is 0 Å². The van der Waals surface area contributed by atoms with Gasteiger partial charge in [0.1, 0.15) is 0 Å². The third-order valence-electron chi connectivity index (χ3n) is 3.65. The van der Waals surface area contributed by atoms with Gasteiger partial charge in [-0.15, -0.1) is 0 Å². The van der Waals surface area contributed by atoms with Crippen LogP contribution in [0.25, 0.3) is 12.2 Å². The van der Waals surface area contributed by atoms with E-state index < -0.39 is 0 Å². The van der Waals surface area contributed by atoms with Gasteiger partial charge < -0.3 is 25.3 Å². The average molecular weight is 343 g/mol. The number of aliphatic hydroxyl groups is 2. The summed E-state index contributed by atoms with van der Waals surface area (Å²) >= 11 is 0. The van der Waals surface area contributed by atoms with Crippen molar-refractivity contribution in [3.8, 4) is 11.5 Å². The molecule has 2 aromatic carbocycles. The molecule has 0 atom stereocenters. The first-order valence-corrected chi connectivity index (χ1v) is 7.86. The summed E-state index contributed by atoms with van der Waals surface area (Å²) < 4.78 is 0. The molecule has 0 bridgehead atoms. The van der Waals surface area contributed by atoms with E-state index in [2.05, 4.69) is 0 Å². The normalized spacial score (nSPS) is 11.0. The fourth-order valence-electron chi connectivity index (χ4n) is 2.31. The molecule has 0 aliphatic carbocycles. The molecular weight excluding hydrogens is 322 g/mol. The van der Waals surface area contributed by atoms with Crippen molar-refractivity contribution < 1.29 is 25.2 Å². The standard InChI is InChI=1S/C19H21NO5/c21-11-9-20(10-12-22)19(25)16-6-3-14(4-7-16)1-2-15-5-8-17(23)18(24)13-15/h1-8,13,21-24H,9-12H2/b2-1+. The highest BCUT2D eigenvalue weighted by Gasteiger charge is 2.14. The maximum Gasteiger partial charge on any atom is 0.254 e. The van der Waals surface area contributed by atoms with E-state index in [0.29, 0.717) is 5.56 Å². The Hall–Kier alpha value is -2.83. The molecule has 0 saturated heterocycles. The minimum Gasteiger partial charge on any atom is -0.504 e. The van der Waals surface area contributed by atoms with Crippen molar-refractivity contribution in [1.29, 1.82) is 0 Å². The SMILES string of the molecule is O=C(c1ccc(/C=C/c2ccc(O)c(O)c2)cc1)N(CCO)CCO. The van der Waals surface area contributed by atoms with Gasteiger partial charge in [-0.3, -0.25) is 4.79 Å². The Kier molecular flexibility index (Phi) is 6.56. The lowest BCUT2D eigenvalue weighted by Crippen LogP contribution is -2.35. The first-order valence-electron chi connectivity index (χ1n) is 7.86. The van der Waals surface area contributed by atoms with Crippen LogP contribution in [-0.4, -0.2) is 57.5 Å². The van der Waals surface area contributed by atoms with E-state index in [9.17, 15) is 15.0 Å². The molecule has 0 spiro atoms. The maximum absolute atomic E-state index is 12.3. The van der Waals surface area contributed by atoms with E-state index >= 15 is 0 Å². The van der Waals surface area contributed by atoms with Crippen molar-refractivity contribution >= 4 is 18.1 Å². The van der Waals surface area contributed by atoms with E-state index in [-0.39, 0.29) is 43.7 Å². The monoisotopic (exact) mass is 343 g/mol. The fourth-order valence-corrected chi connectivity index (χ4v) is 2.31. The molecule has 132 valence electrons. The summed E-state index contributed by atoms with van der Waals surface area (Å²) in [5.41, 5.74) is 2.06. The van der Waals surface area contributed by atoms with E-state index in [4.69, 9.17) is 10.2 Å². The summed E-state index contributed by atoms with van der Waals surface area (Å²) in [4.78, 5) is 13.7. The van der Waals surface area contributed by atoms with E-state index in [1.54, 1.807) is 36.4 Å². The minimum atomic E-state index is -0.248. The molecule has 4 N–H and O–H groups in total. The van der Waals surface area contributed by atoms with E-state index in [0.717, 1.165) is 11.1 Å². The van der Waals surface area contributed by atoms with Crippen LogP contribution in [0.4, 0.5) is 0 Å². The Morgan fingerprint density at radius 2 is 1.40 bits per heavy atom. The number of phenols is 2. The number of phenolic OH excluding ortho intramolecular Hbond substituents is 2. The van der Waals surface area contributed by atoms with Crippen molar-refractivity contribution in [2.75, 3.05) is 26.3 Å². The van der Waals surface area contributed by atoms with Gasteiger partial charge in [0, 0.05) is 18.7 Å². The zero-order valence-electron chi connectivity index (χ0n) is 13.7. The number of carbonyl (C=O) groups is 1. The Bertz CT molecular complexity index is 734. The van der Waals surface area contributed by atoms with Crippen LogP contribution >= 0.6 is 0 Å². The van der Waals surface area contributed by atoms with Crippen LogP contribution in [0, 0.1) is 0 Å². The summed E-state index contributed by atoms with van der Waals surface area (Å²) in [5, 5.41) is 36.8. The molecule has 2 rings (SSSR count). The molecule has 25 heavy (non-hydrogen) atoms. The summed E-state index contributed by atoms with van der Waals surface area (Å²) in [6.45, 7) is 0.0227. The van der Waals surface area contributed by atoms with Crippen LogP contribution in [0.2, 0.25) is 0 Å². The third kappa shape index (κ3) is 5.07. The van der Waals surface area contributed by atoms with Crippen LogP contribution in [0.1, 0.15) is 21.5 Å². The van der Waals surface area contributed by atoms with Crippen molar-refractivity contribution in [2.45, 2.75) is 0 Å². The van der Waals surface area contributed by atoms with E-state index in [1.165, 1.54) is 17.0 Å². The van der Waals surface area contributed by atoms with Crippen molar-refractivity contribution in [1.82, 2.24) is 4.90 Å². The molecule has 0 radical (unpaired) electrons. The molecule has 0 heterocycles. The molecule has 0 aliphatic rings. The quantitative estimate of drug-likeness (QED) is 0.453. The highest BCUT2D eigenvalue weighted by Crippen LogP contribution is 2.25. The topological polar surface area (TPSA) is 101 Å². The highest BCUT2D eigenvalue weighted by atomic mass is 16.3. The Labute approximate surface area is 145 Å². The van der Waals surface area contributed by atoms with Gasteiger partial charge in [-0.1, -0.05) is 30.4 Å². The predicted molar refractivity (Wildman–Crippen MR) is 95.2 cm³/mol. The first-order chi connectivity index (χ1) is 12.0. The highest BCUT2D eigenvalue weighted by molar-refractivity contribution is 5.94. The second kappa shape index (κ2) is 8.86. The molecule has 6 heteroatoms. The number of aromatic hydroxyl groups is 2. The molecular formula is C19H21NO5. The van der Waals surface area contributed by atoms with Gasteiger partial charge in [-0.05, 0) is 35.4 Å². The smallest absolute Gasteiger partial charge is 0.254 e. The summed E-state index contributed by atoms with van der Waals surface area (Å²) in [7, 11) is 0. The number of rotatable bonds is 7. The zero-order chi connectivity index (χ0) is 18.2. The van der Waals surface area contributed by atoms with Gasteiger partial charge in [0.25, 0.3) is 5.91 Å². The number of carbonyl (C=O) groups excluding carboxylic acids is 1. The molecule has 0 saturated carbocycles. The second-order valence-electron chi connectivity index (χ2n) is 5.44. The Morgan fingerprint density at radius 3 is 1.96 bits per heavy atom. The molecule has 2 aromatic rings. The predicted octanol–water partition coefficient (Wildman–Crippen LogP) is 1.69. The van der Waals surface area contributed by atoms with Crippen LogP contribution in [0.3, 0.4) is 0 Å². The van der Waals surface area contributed by atoms with Gasteiger partial charge in [-0.25, -0.2) is 0 Å². The van der Waals surface area contributed by atoms with Crippen LogP contribution < -0.4 is 0 Å². The van der Waals surface area contributed by atoms with Gasteiger partial charge >= 0.3 is 0 Å². The number of amides is 1. The number of hydrogen-bond acceptors (Lipinski definition) is 5. The van der Waals surface area contributed by atoms with E-state index in [1.807, 2.05) is 6.08 Å². The summed E-state index contributed by atoms with van der Waals surface area (Å²) in [6.07, 6.45) is 3.60. The van der Waals surface area contributed by atoms with Crippen LogP contribution in [0.5, 0.6) is 11.5 Å². The molecule has 0 fully saturated rings. The molecule has 0 aliphatic heterocycles. The van der Waals surface area contributed by atoms with Crippen LogP contribution in [0.15, 0.2) is 42.5 Å². The minimum absolute atomic E-state index is 0.161. The Balaban J connectivity index is 2.09. The summed E-state index contributed by atoms with van der Waals surface area (Å²) in [5.74, 6) is -0.603. The van der Waals surface area contributed by atoms with Crippen molar-refractivity contribution in [2.24, 2.45) is 0 Å². The third-order valence-corrected chi connectivity index (χ3v) is 3.65. The average Bonchev–Trinajstić information content (AvgIpc) is 2.62. The van der Waals surface area contributed by atoms with Gasteiger partial charge in [0.05, 0.1) is 13.2 Å². The number of nitrogens with zero attached hydrogens (tertiary/aromatic N) is 1. The van der Waals surface area contributed by atoms with Gasteiger partial charge in [0.15, 0.2) is 11.5 Å². The lowest BCUT2D eigenvalue weighted by atomic mass is 10.1. The Morgan fingerprint density at radius 1 is 0.840 bits per heavy atom. The largest absolute Gasteiger partial charge is 0.504 e. The number of benzene rings is 2. The lowest BCUT2D eigenvalue weighted by Gasteiger charge is -2.20. The molecule has 0 aromatic heterocycles. The molecule has 6 nitrogen and oxygen atoms in total. The van der Waals surface area contributed by atoms with Crippen LogP contribution in [-0.2, 0) is 0 Å². The first kappa shape index (κ1) is 18.5. The van der Waals surface area contributed by atoms with Gasteiger partial charge in [-0.2, -0.15) is 0 Å². The number of aliphatic hydroxyl groups excluding tert-OH is 2. The molecule has 0 unspecified atom stereocenters.